The molecule has 0 aliphatic heterocycles. The van der Waals surface area contributed by atoms with Crippen LogP contribution in [0, 0.1) is 0 Å². The molecule has 0 unspecified atom stereocenters. The largest absolute Gasteiger partial charge is 0.382 e. The van der Waals surface area contributed by atoms with Crippen LogP contribution in [0.5, 0.6) is 0 Å². The quantitative estimate of drug-likeness (QED) is 0.843. The zero-order valence-electron chi connectivity index (χ0n) is 9.64. The second-order valence-electron chi connectivity index (χ2n) is 4.01. The number of likely N-dealkylation sites (N-methyl/N-ethyl adjacent to an activating group) is 1. The Morgan fingerprint density at radius 3 is 2.88 bits per heavy atom. The van der Waals surface area contributed by atoms with E-state index >= 15 is 0 Å². The Balaban J connectivity index is 2.17. The maximum Gasteiger partial charge on any atom is 0.0950 e. The highest BCUT2D eigenvalue weighted by Gasteiger charge is 2.01. The van der Waals surface area contributed by atoms with Crippen LogP contribution in [0.1, 0.15) is 0 Å². The summed E-state index contributed by atoms with van der Waals surface area (Å²) in [7, 11) is 4.12. The van der Waals surface area contributed by atoms with E-state index in [0.717, 1.165) is 29.7 Å². The van der Waals surface area contributed by atoms with Crippen molar-refractivity contribution in [3.05, 3.63) is 30.5 Å². The van der Waals surface area contributed by atoms with E-state index in [2.05, 4.69) is 40.6 Å². The Labute approximate surface area is 95.3 Å². The second-order valence-corrected chi connectivity index (χ2v) is 4.01. The molecule has 1 heterocycles. The number of hydrogen-bond donors (Lipinski definition) is 1. The van der Waals surface area contributed by atoms with Gasteiger partial charge in [0.05, 0.1) is 17.4 Å². The zero-order chi connectivity index (χ0) is 11.4. The molecule has 0 atom stereocenters. The number of hydrogen-bond acceptors (Lipinski definition) is 4. The first-order valence-electron chi connectivity index (χ1n) is 5.36. The van der Waals surface area contributed by atoms with E-state index in [-0.39, 0.29) is 0 Å². The van der Waals surface area contributed by atoms with Crippen molar-refractivity contribution in [2.24, 2.45) is 0 Å². The predicted octanol–water partition coefficient (Wildman–Crippen LogP) is 1.60. The standard InChI is InChI=1S/C12H16N4/c1-16(2)8-7-13-12-9-14-15-11-6-4-3-5-10(11)12/h3-6,9H,7-8H2,1-2H3,(H,13,15). The molecular weight excluding hydrogens is 200 g/mol. The lowest BCUT2D eigenvalue weighted by Crippen LogP contribution is -2.20. The molecule has 2 rings (SSSR count). The van der Waals surface area contributed by atoms with Crippen molar-refractivity contribution < 1.29 is 0 Å². The van der Waals surface area contributed by atoms with Gasteiger partial charge < -0.3 is 10.2 Å². The molecule has 1 N–H and O–H groups in total. The smallest absolute Gasteiger partial charge is 0.0950 e. The molecular formula is C12H16N4. The van der Waals surface area contributed by atoms with Crippen LogP contribution in [0.25, 0.3) is 10.9 Å². The van der Waals surface area contributed by atoms with Gasteiger partial charge in [0, 0.05) is 18.5 Å². The molecule has 1 aromatic carbocycles. The molecule has 0 saturated carbocycles. The Morgan fingerprint density at radius 2 is 2.06 bits per heavy atom. The topological polar surface area (TPSA) is 41.0 Å². The van der Waals surface area contributed by atoms with Crippen molar-refractivity contribution in [2.75, 3.05) is 32.5 Å². The van der Waals surface area contributed by atoms with Crippen molar-refractivity contribution in [1.29, 1.82) is 0 Å². The van der Waals surface area contributed by atoms with Crippen molar-refractivity contribution in [3.63, 3.8) is 0 Å². The van der Waals surface area contributed by atoms with Gasteiger partial charge in [-0.1, -0.05) is 18.2 Å². The minimum Gasteiger partial charge on any atom is -0.382 e. The third kappa shape index (κ3) is 2.46. The van der Waals surface area contributed by atoms with Gasteiger partial charge in [-0.2, -0.15) is 10.2 Å². The van der Waals surface area contributed by atoms with Crippen molar-refractivity contribution in [3.8, 4) is 0 Å². The third-order valence-electron chi connectivity index (χ3n) is 2.42. The summed E-state index contributed by atoms with van der Waals surface area (Å²) >= 11 is 0. The molecule has 84 valence electrons. The Hall–Kier alpha value is -1.68. The Kier molecular flexibility index (Phi) is 3.31. The molecule has 16 heavy (non-hydrogen) atoms. The third-order valence-corrected chi connectivity index (χ3v) is 2.42. The number of anilines is 1. The van der Waals surface area contributed by atoms with Crippen LogP contribution in [0.4, 0.5) is 5.69 Å². The second kappa shape index (κ2) is 4.90. The van der Waals surface area contributed by atoms with Gasteiger partial charge in [0.15, 0.2) is 0 Å². The number of benzene rings is 1. The van der Waals surface area contributed by atoms with Crippen LogP contribution in [0.2, 0.25) is 0 Å². The average molecular weight is 216 g/mol. The Bertz CT molecular complexity index is 462. The first-order valence-corrected chi connectivity index (χ1v) is 5.36. The lowest BCUT2D eigenvalue weighted by molar-refractivity contribution is 0.425. The molecule has 0 radical (unpaired) electrons. The normalized spacial score (nSPS) is 10.9. The van der Waals surface area contributed by atoms with Gasteiger partial charge in [0.2, 0.25) is 0 Å². The molecule has 0 saturated heterocycles. The first-order chi connectivity index (χ1) is 7.77. The Morgan fingerprint density at radius 1 is 1.25 bits per heavy atom. The van der Waals surface area contributed by atoms with Crippen LogP contribution in [-0.4, -0.2) is 42.3 Å². The maximum atomic E-state index is 4.08. The van der Waals surface area contributed by atoms with Gasteiger partial charge in [0.25, 0.3) is 0 Å². The molecule has 1 aromatic heterocycles. The number of rotatable bonds is 4. The van der Waals surface area contributed by atoms with E-state index in [0.29, 0.717) is 0 Å². The lowest BCUT2D eigenvalue weighted by atomic mass is 10.2. The van der Waals surface area contributed by atoms with Crippen molar-refractivity contribution >= 4 is 16.6 Å². The summed E-state index contributed by atoms with van der Waals surface area (Å²) < 4.78 is 0. The highest BCUT2D eigenvalue weighted by atomic mass is 15.1. The summed E-state index contributed by atoms with van der Waals surface area (Å²) in [5.41, 5.74) is 1.98. The van der Waals surface area contributed by atoms with Gasteiger partial charge in [-0.3, -0.25) is 0 Å². The molecule has 0 aliphatic carbocycles. The summed E-state index contributed by atoms with van der Waals surface area (Å²) in [4.78, 5) is 2.14. The molecule has 0 fully saturated rings. The van der Waals surface area contributed by atoms with E-state index in [1.807, 2.05) is 18.2 Å². The van der Waals surface area contributed by atoms with Crippen LogP contribution in [0.15, 0.2) is 30.5 Å². The molecule has 0 bridgehead atoms. The van der Waals surface area contributed by atoms with Crippen LogP contribution in [-0.2, 0) is 0 Å². The van der Waals surface area contributed by atoms with Gasteiger partial charge in [-0.25, -0.2) is 0 Å². The minimum atomic E-state index is 0.905. The minimum absolute atomic E-state index is 0.905. The summed E-state index contributed by atoms with van der Waals surface area (Å²) in [5, 5.41) is 12.6. The fraction of sp³-hybridized carbons (Fsp3) is 0.333. The van der Waals surface area contributed by atoms with Crippen LogP contribution < -0.4 is 5.32 Å². The van der Waals surface area contributed by atoms with Crippen molar-refractivity contribution in [2.45, 2.75) is 0 Å². The van der Waals surface area contributed by atoms with E-state index in [4.69, 9.17) is 0 Å². The van der Waals surface area contributed by atoms with E-state index in [1.54, 1.807) is 6.20 Å². The van der Waals surface area contributed by atoms with E-state index in [1.165, 1.54) is 0 Å². The molecule has 0 aliphatic rings. The summed E-state index contributed by atoms with van der Waals surface area (Å²) in [6, 6.07) is 8.02. The van der Waals surface area contributed by atoms with Gasteiger partial charge in [-0.05, 0) is 20.2 Å². The SMILES string of the molecule is CN(C)CCNc1cnnc2ccccc12. The molecule has 2 aromatic rings. The van der Waals surface area contributed by atoms with Gasteiger partial charge in [0.1, 0.15) is 0 Å². The molecule has 4 heteroatoms. The van der Waals surface area contributed by atoms with Crippen LogP contribution >= 0.6 is 0 Å². The number of fused-ring (bicyclic) bond motifs is 1. The fourth-order valence-electron chi connectivity index (χ4n) is 1.56. The highest BCUT2D eigenvalue weighted by Crippen LogP contribution is 2.19. The molecule has 4 nitrogen and oxygen atoms in total. The average Bonchev–Trinajstić information content (AvgIpc) is 2.29. The fourth-order valence-corrected chi connectivity index (χ4v) is 1.56. The summed E-state index contributed by atoms with van der Waals surface area (Å²) in [6.07, 6.45) is 1.78. The number of aromatic nitrogens is 2. The van der Waals surface area contributed by atoms with Gasteiger partial charge >= 0.3 is 0 Å². The monoisotopic (exact) mass is 216 g/mol. The maximum absolute atomic E-state index is 4.08. The highest BCUT2D eigenvalue weighted by molar-refractivity contribution is 5.90. The number of nitrogens with zero attached hydrogens (tertiary/aromatic N) is 3. The van der Waals surface area contributed by atoms with Crippen LogP contribution in [0.3, 0.4) is 0 Å². The number of nitrogens with one attached hydrogen (secondary N) is 1. The molecule has 0 amide bonds. The first kappa shape index (κ1) is 10.8. The summed E-state index contributed by atoms with van der Waals surface area (Å²) in [5.74, 6) is 0. The molecule has 0 spiro atoms. The van der Waals surface area contributed by atoms with E-state index in [9.17, 15) is 0 Å². The predicted molar refractivity (Wildman–Crippen MR) is 66.6 cm³/mol. The summed E-state index contributed by atoms with van der Waals surface area (Å²) in [6.45, 7) is 1.90. The van der Waals surface area contributed by atoms with Crippen molar-refractivity contribution in [1.82, 2.24) is 15.1 Å². The van der Waals surface area contributed by atoms with E-state index < -0.39 is 0 Å². The van der Waals surface area contributed by atoms with Gasteiger partial charge in [-0.15, -0.1) is 0 Å². The zero-order valence-corrected chi connectivity index (χ0v) is 9.64. The lowest BCUT2D eigenvalue weighted by Gasteiger charge is -2.12.